The lowest BCUT2D eigenvalue weighted by Gasteiger charge is -2.26. The molecule has 0 saturated carbocycles. The first kappa shape index (κ1) is 29.1. The average molecular weight is 683 g/mol. The Balaban J connectivity index is 1.22. The molecule has 4 heteroatoms. The highest BCUT2D eigenvalue weighted by Crippen LogP contribution is 2.46. The van der Waals surface area contributed by atoms with E-state index in [9.17, 15) is 0 Å². The van der Waals surface area contributed by atoms with E-state index in [2.05, 4.69) is 185 Å². The Labute approximate surface area is 303 Å². The maximum atomic E-state index is 6.44. The summed E-state index contributed by atoms with van der Waals surface area (Å²) in [5.74, 6) is 0. The van der Waals surface area contributed by atoms with E-state index in [0.29, 0.717) is 0 Å². The van der Waals surface area contributed by atoms with Crippen molar-refractivity contribution < 1.29 is 4.42 Å². The molecule has 0 fully saturated rings. The van der Waals surface area contributed by atoms with E-state index in [-0.39, 0.29) is 0 Å². The number of hydrogen-bond donors (Lipinski definition) is 0. The Hall–Kier alpha value is -6.62. The minimum Gasteiger partial charge on any atom is -0.456 e. The Bertz CT molecular complexity index is 3130. The van der Waals surface area contributed by atoms with Crippen LogP contribution in [0.3, 0.4) is 0 Å². The number of furan rings is 1. The van der Waals surface area contributed by atoms with Crippen molar-refractivity contribution in [3.8, 4) is 16.8 Å². The SMILES string of the molecule is c1ccc(-c2ccc3c(c2)c2cc(N(c4ccc5sc6ccccc6c5c4)c4cccc5oc6ccccc6c45)ccc2n3-c2ccccc2)cc1. The van der Waals surface area contributed by atoms with Crippen LogP contribution in [0.15, 0.2) is 186 Å². The Morgan fingerprint density at radius 1 is 0.423 bits per heavy atom. The molecule has 244 valence electrons. The number of aromatic nitrogens is 1. The molecule has 0 atom stereocenters. The maximum absolute atomic E-state index is 6.44. The summed E-state index contributed by atoms with van der Waals surface area (Å²) in [6, 6.07) is 65.6. The molecule has 3 aromatic heterocycles. The van der Waals surface area contributed by atoms with Crippen LogP contribution in [0.1, 0.15) is 0 Å². The minimum absolute atomic E-state index is 0.875. The summed E-state index contributed by atoms with van der Waals surface area (Å²) < 4.78 is 11.4. The van der Waals surface area contributed by atoms with Gasteiger partial charge in [-0.15, -0.1) is 11.3 Å². The number of benzene rings is 8. The second-order valence-corrected chi connectivity index (χ2v) is 14.4. The lowest BCUT2D eigenvalue weighted by molar-refractivity contribution is 0.669. The van der Waals surface area contributed by atoms with E-state index in [1.54, 1.807) is 0 Å². The van der Waals surface area contributed by atoms with Crippen molar-refractivity contribution in [3.05, 3.63) is 182 Å². The summed E-state index contributed by atoms with van der Waals surface area (Å²) in [7, 11) is 0. The van der Waals surface area contributed by atoms with Crippen molar-refractivity contribution in [2.75, 3.05) is 4.90 Å². The predicted molar refractivity (Wildman–Crippen MR) is 221 cm³/mol. The zero-order valence-corrected chi connectivity index (χ0v) is 28.8. The van der Waals surface area contributed by atoms with Gasteiger partial charge in [0.05, 0.1) is 22.1 Å². The van der Waals surface area contributed by atoms with Crippen LogP contribution in [-0.4, -0.2) is 4.57 Å². The van der Waals surface area contributed by atoms with Gasteiger partial charge >= 0.3 is 0 Å². The number of anilines is 3. The molecule has 0 aliphatic rings. The fourth-order valence-electron chi connectivity index (χ4n) is 8.04. The van der Waals surface area contributed by atoms with Gasteiger partial charge in [-0.05, 0) is 96.1 Å². The van der Waals surface area contributed by atoms with Gasteiger partial charge in [0, 0.05) is 53.4 Å². The van der Waals surface area contributed by atoms with Crippen molar-refractivity contribution in [2.24, 2.45) is 0 Å². The third-order valence-corrected chi connectivity index (χ3v) is 11.5. The van der Waals surface area contributed by atoms with Crippen molar-refractivity contribution >= 4 is 92.3 Å². The Morgan fingerprint density at radius 2 is 1.06 bits per heavy atom. The molecule has 11 aromatic rings. The molecule has 0 aliphatic heterocycles. The van der Waals surface area contributed by atoms with Crippen LogP contribution in [0.4, 0.5) is 17.1 Å². The third kappa shape index (κ3) is 4.45. The molecule has 52 heavy (non-hydrogen) atoms. The second kappa shape index (κ2) is 11.5. The molecule has 8 aromatic carbocycles. The number of rotatable bonds is 5. The fourth-order valence-corrected chi connectivity index (χ4v) is 9.12. The zero-order valence-electron chi connectivity index (χ0n) is 28.0. The van der Waals surface area contributed by atoms with Crippen LogP contribution in [0, 0.1) is 0 Å². The normalized spacial score (nSPS) is 11.8. The highest BCUT2D eigenvalue weighted by atomic mass is 32.1. The van der Waals surface area contributed by atoms with Crippen molar-refractivity contribution in [1.82, 2.24) is 4.57 Å². The molecule has 0 unspecified atom stereocenters. The number of thiophene rings is 1. The number of para-hydroxylation sites is 2. The molecular formula is C48H30N2OS. The van der Waals surface area contributed by atoms with Crippen LogP contribution in [0.5, 0.6) is 0 Å². The van der Waals surface area contributed by atoms with E-state index in [0.717, 1.165) is 44.7 Å². The second-order valence-electron chi connectivity index (χ2n) is 13.3. The van der Waals surface area contributed by atoms with Gasteiger partial charge in [-0.25, -0.2) is 0 Å². The Kier molecular flexibility index (Phi) is 6.42. The molecule has 0 amide bonds. The molecule has 0 spiro atoms. The van der Waals surface area contributed by atoms with Crippen LogP contribution in [0.25, 0.3) is 80.7 Å². The molecule has 3 heterocycles. The van der Waals surface area contributed by atoms with Gasteiger partial charge in [0.2, 0.25) is 0 Å². The van der Waals surface area contributed by atoms with Crippen molar-refractivity contribution in [2.45, 2.75) is 0 Å². The van der Waals surface area contributed by atoms with Gasteiger partial charge in [-0.3, -0.25) is 0 Å². The Morgan fingerprint density at radius 3 is 1.90 bits per heavy atom. The summed E-state index contributed by atoms with van der Waals surface area (Å²) in [4.78, 5) is 2.42. The molecule has 0 radical (unpaired) electrons. The molecule has 0 saturated heterocycles. The first-order chi connectivity index (χ1) is 25.8. The highest BCUT2D eigenvalue weighted by Gasteiger charge is 2.22. The topological polar surface area (TPSA) is 21.3 Å². The summed E-state index contributed by atoms with van der Waals surface area (Å²) in [5, 5.41) is 7.17. The van der Waals surface area contributed by atoms with Gasteiger partial charge < -0.3 is 13.9 Å². The van der Waals surface area contributed by atoms with E-state index >= 15 is 0 Å². The van der Waals surface area contributed by atoms with Gasteiger partial charge in [0.25, 0.3) is 0 Å². The minimum atomic E-state index is 0.875. The highest BCUT2D eigenvalue weighted by molar-refractivity contribution is 7.25. The number of hydrogen-bond acceptors (Lipinski definition) is 3. The van der Waals surface area contributed by atoms with E-state index in [1.807, 2.05) is 17.4 Å². The number of nitrogens with zero attached hydrogens (tertiary/aromatic N) is 2. The first-order valence-electron chi connectivity index (χ1n) is 17.6. The van der Waals surface area contributed by atoms with E-state index in [1.165, 1.54) is 53.1 Å². The van der Waals surface area contributed by atoms with Crippen molar-refractivity contribution in [1.29, 1.82) is 0 Å². The van der Waals surface area contributed by atoms with Crippen molar-refractivity contribution in [3.63, 3.8) is 0 Å². The van der Waals surface area contributed by atoms with E-state index < -0.39 is 0 Å². The zero-order chi connectivity index (χ0) is 34.2. The monoisotopic (exact) mass is 682 g/mol. The number of fused-ring (bicyclic) bond motifs is 9. The smallest absolute Gasteiger partial charge is 0.137 e. The van der Waals surface area contributed by atoms with Crippen LogP contribution in [0.2, 0.25) is 0 Å². The summed E-state index contributed by atoms with van der Waals surface area (Å²) in [5.41, 5.74) is 10.9. The van der Waals surface area contributed by atoms with Gasteiger partial charge in [0.15, 0.2) is 0 Å². The predicted octanol–water partition coefficient (Wildman–Crippen LogP) is 14.2. The lowest BCUT2D eigenvalue weighted by Crippen LogP contribution is -2.10. The standard InChI is InChI=1S/C48H30N2OS/c1-3-12-31(13-4-1)32-22-25-41-38(28-32)39-29-34(23-26-42(39)50(41)33-14-5-2-6-15-33)49(35-24-27-47-40(30-35)36-16-8-10-21-46(36)52-47)43-18-11-20-45-48(43)37-17-7-9-19-44(37)51-45/h1-30H. The summed E-state index contributed by atoms with van der Waals surface area (Å²) in [6.07, 6.45) is 0. The summed E-state index contributed by atoms with van der Waals surface area (Å²) >= 11 is 1.85. The molecule has 0 N–H and O–H groups in total. The molecular weight excluding hydrogens is 653 g/mol. The largest absolute Gasteiger partial charge is 0.456 e. The first-order valence-corrected chi connectivity index (χ1v) is 18.4. The van der Waals surface area contributed by atoms with Gasteiger partial charge in [-0.1, -0.05) is 97.1 Å². The average Bonchev–Trinajstić information content (AvgIpc) is 3.88. The fraction of sp³-hybridized carbons (Fsp3) is 0. The summed E-state index contributed by atoms with van der Waals surface area (Å²) in [6.45, 7) is 0. The van der Waals surface area contributed by atoms with Crippen LogP contribution < -0.4 is 4.90 Å². The third-order valence-electron chi connectivity index (χ3n) is 10.4. The molecule has 11 rings (SSSR count). The molecule has 3 nitrogen and oxygen atoms in total. The quantitative estimate of drug-likeness (QED) is 0.180. The maximum Gasteiger partial charge on any atom is 0.137 e. The van der Waals surface area contributed by atoms with Gasteiger partial charge in [0.1, 0.15) is 11.2 Å². The lowest BCUT2D eigenvalue weighted by atomic mass is 10.0. The molecule has 0 bridgehead atoms. The van der Waals surface area contributed by atoms with Crippen LogP contribution >= 0.6 is 11.3 Å². The van der Waals surface area contributed by atoms with Crippen LogP contribution in [-0.2, 0) is 0 Å². The van der Waals surface area contributed by atoms with Gasteiger partial charge in [-0.2, -0.15) is 0 Å². The molecule has 0 aliphatic carbocycles. The van der Waals surface area contributed by atoms with E-state index in [4.69, 9.17) is 4.42 Å².